The largest absolute Gasteiger partial charge is 0.352 e. The van der Waals surface area contributed by atoms with Gasteiger partial charge in [0, 0.05) is 45.3 Å². The van der Waals surface area contributed by atoms with Gasteiger partial charge in [-0.1, -0.05) is 25.0 Å². The average Bonchev–Trinajstić information content (AvgIpc) is 3.12. The van der Waals surface area contributed by atoms with Crippen LogP contribution >= 0.6 is 24.0 Å². The molecule has 1 saturated carbocycles. The lowest BCUT2D eigenvalue weighted by Crippen LogP contribution is -2.40. The summed E-state index contributed by atoms with van der Waals surface area (Å²) in [6.45, 7) is 4.41. The molecule has 29 heavy (non-hydrogen) atoms. The van der Waals surface area contributed by atoms with Gasteiger partial charge in [-0.25, -0.2) is 0 Å². The molecule has 2 atom stereocenters. The van der Waals surface area contributed by atoms with Crippen LogP contribution in [0.4, 0.5) is 0 Å². The second-order valence-corrected chi connectivity index (χ2v) is 8.37. The highest BCUT2D eigenvalue weighted by Gasteiger charge is 2.35. The van der Waals surface area contributed by atoms with E-state index >= 15 is 0 Å². The van der Waals surface area contributed by atoms with Crippen molar-refractivity contribution in [2.45, 2.75) is 32.2 Å². The predicted octanol–water partition coefficient (Wildman–Crippen LogP) is 2.79. The van der Waals surface area contributed by atoms with Crippen LogP contribution in [-0.4, -0.2) is 69.0 Å². The normalized spacial score (nSPS) is 21.5. The Kier molecular flexibility index (Phi) is 9.68. The Morgan fingerprint density at radius 3 is 2.48 bits per heavy atom. The lowest BCUT2D eigenvalue weighted by Gasteiger charge is -2.22. The molecule has 2 fully saturated rings. The molecular formula is C22H36IN5O. The number of nitrogens with zero attached hydrogens (tertiary/aromatic N) is 3. The third-order valence-corrected chi connectivity index (χ3v) is 5.97. The molecule has 6 nitrogen and oxygen atoms in total. The number of benzene rings is 1. The van der Waals surface area contributed by atoms with Gasteiger partial charge in [0.25, 0.3) is 5.91 Å². The van der Waals surface area contributed by atoms with E-state index in [4.69, 9.17) is 0 Å². The molecule has 1 amide bonds. The van der Waals surface area contributed by atoms with Gasteiger partial charge in [0.2, 0.25) is 0 Å². The van der Waals surface area contributed by atoms with Crippen molar-refractivity contribution in [1.82, 2.24) is 20.4 Å². The van der Waals surface area contributed by atoms with Crippen LogP contribution < -0.4 is 10.6 Å². The number of likely N-dealkylation sites (N-methyl/N-ethyl adjacent to an activating group) is 1. The number of carbonyl (C=O) groups excluding carboxylic acids is 1. The minimum absolute atomic E-state index is 0. The number of guanidine groups is 1. The summed E-state index contributed by atoms with van der Waals surface area (Å²) in [5.41, 5.74) is 1.80. The molecule has 1 saturated heterocycles. The zero-order valence-corrected chi connectivity index (χ0v) is 20.3. The molecule has 2 unspecified atom stereocenters. The summed E-state index contributed by atoms with van der Waals surface area (Å²) in [6.07, 6.45) is 5.49. The quantitative estimate of drug-likeness (QED) is 0.349. The Hall–Kier alpha value is -1.35. The lowest BCUT2D eigenvalue weighted by molar-refractivity contribution is 0.0951. The van der Waals surface area contributed by atoms with Gasteiger partial charge in [-0.2, -0.15) is 0 Å². The van der Waals surface area contributed by atoms with E-state index in [1.54, 1.807) is 0 Å². The molecule has 1 aromatic carbocycles. The van der Waals surface area contributed by atoms with E-state index in [0.717, 1.165) is 43.0 Å². The summed E-state index contributed by atoms with van der Waals surface area (Å²) < 4.78 is 0. The molecule has 1 heterocycles. The second kappa shape index (κ2) is 11.7. The van der Waals surface area contributed by atoms with Gasteiger partial charge >= 0.3 is 0 Å². The first-order valence-corrected chi connectivity index (χ1v) is 10.5. The van der Waals surface area contributed by atoms with E-state index in [0.29, 0.717) is 18.7 Å². The van der Waals surface area contributed by atoms with Gasteiger partial charge in [-0.05, 0) is 56.5 Å². The fraction of sp³-hybridized carbons (Fsp3) is 0.636. The Balaban J connectivity index is 0.00000300. The summed E-state index contributed by atoms with van der Waals surface area (Å²) in [7, 11) is 5.86. The summed E-state index contributed by atoms with van der Waals surface area (Å²) >= 11 is 0. The van der Waals surface area contributed by atoms with Crippen molar-refractivity contribution < 1.29 is 4.79 Å². The number of aliphatic imine (C=N–C) groups is 1. The van der Waals surface area contributed by atoms with Crippen LogP contribution in [0.1, 0.15) is 41.6 Å². The van der Waals surface area contributed by atoms with E-state index in [2.05, 4.69) is 31.5 Å². The molecular weight excluding hydrogens is 477 g/mol. The highest BCUT2D eigenvalue weighted by molar-refractivity contribution is 14.0. The van der Waals surface area contributed by atoms with Crippen molar-refractivity contribution in [3.8, 4) is 0 Å². The monoisotopic (exact) mass is 513 g/mol. The number of halogens is 1. The van der Waals surface area contributed by atoms with Gasteiger partial charge in [0.05, 0.1) is 0 Å². The number of amides is 1. The molecule has 1 aromatic rings. The lowest BCUT2D eigenvalue weighted by atomic mass is 9.82. The Bertz CT molecular complexity index is 680. The molecule has 0 bridgehead atoms. The summed E-state index contributed by atoms with van der Waals surface area (Å²) in [5.74, 6) is 2.63. The van der Waals surface area contributed by atoms with Crippen LogP contribution in [0.2, 0.25) is 0 Å². The first kappa shape index (κ1) is 23.9. The summed E-state index contributed by atoms with van der Waals surface area (Å²) in [5, 5.41) is 6.47. The number of hydrogen-bond acceptors (Lipinski definition) is 3. The highest BCUT2D eigenvalue weighted by atomic mass is 127. The maximum Gasteiger partial charge on any atom is 0.251 e. The molecule has 2 aliphatic rings. The smallest absolute Gasteiger partial charge is 0.251 e. The van der Waals surface area contributed by atoms with E-state index in [1.807, 2.05) is 39.3 Å². The van der Waals surface area contributed by atoms with Crippen molar-refractivity contribution in [2.75, 3.05) is 47.3 Å². The summed E-state index contributed by atoms with van der Waals surface area (Å²) in [4.78, 5) is 21.3. The van der Waals surface area contributed by atoms with Crippen LogP contribution in [-0.2, 0) is 6.54 Å². The molecule has 2 N–H and O–H groups in total. The topological polar surface area (TPSA) is 60.0 Å². The van der Waals surface area contributed by atoms with E-state index in [-0.39, 0.29) is 29.9 Å². The summed E-state index contributed by atoms with van der Waals surface area (Å²) in [6, 6.07) is 7.84. The highest BCUT2D eigenvalue weighted by Crippen LogP contribution is 2.35. The first-order chi connectivity index (χ1) is 13.6. The van der Waals surface area contributed by atoms with Gasteiger partial charge < -0.3 is 20.4 Å². The van der Waals surface area contributed by atoms with Crippen molar-refractivity contribution in [3.63, 3.8) is 0 Å². The van der Waals surface area contributed by atoms with Crippen molar-refractivity contribution in [2.24, 2.45) is 16.8 Å². The minimum Gasteiger partial charge on any atom is -0.352 e. The molecule has 1 aliphatic heterocycles. The third kappa shape index (κ3) is 6.84. The standard InChI is InChI=1S/C22H35N5O.HI/c1-23-22(27-15-19-8-4-5-9-20(19)16-27)25-14-17-7-6-10-18(13-17)21(28)24-11-12-26(2)3;/h6-7,10,13,19-20H,4-5,8-9,11-12,14-16H2,1-3H3,(H,23,25)(H,24,28);1H. The Labute approximate surface area is 192 Å². The molecule has 7 heteroatoms. The van der Waals surface area contributed by atoms with Crippen LogP contribution in [0, 0.1) is 11.8 Å². The maximum absolute atomic E-state index is 12.3. The Morgan fingerprint density at radius 2 is 1.86 bits per heavy atom. The van der Waals surface area contributed by atoms with Crippen molar-refractivity contribution >= 4 is 35.8 Å². The van der Waals surface area contributed by atoms with E-state index in [9.17, 15) is 4.79 Å². The SMILES string of the molecule is CN=C(NCc1cccc(C(=O)NCCN(C)C)c1)N1CC2CCCCC2C1.I. The molecule has 1 aliphatic carbocycles. The van der Waals surface area contributed by atoms with Gasteiger partial charge in [-0.15, -0.1) is 24.0 Å². The number of nitrogens with one attached hydrogen (secondary N) is 2. The van der Waals surface area contributed by atoms with Gasteiger partial charge in [0.1, 0.15) is 0 Å². The maximum atomic E-state index is 12.3. The van der Waals surface area contributed by atoms with Crippen molar-refractivity contribution in [1.29, 1.82) is 0 Å². The van der Waals surface area contributed by atoms with Crippen LogP contribution in [0.3, 0.4) is 0 Å². The number of carbonyl (C=O) groups is 1. The fourth-order valence-corrected chi connectivity index (χ4v) is 4.41. The number of rotatable bonds is 6. The number of hydrogen-bond donors (Lipinski definition) is 2. The van der Waals surface area contributed by atoms with Crippen molar-refractivity contribution in [3.05, 3.63) is 35.4 Å². The van der Waals surface area contributed by atoms with Gasteiger partial charge in [0.15, 0.2) is 5.96 Å². The van der Waals surface area contributed by atoms with Gasteiger partial charge in [-0.3, -0.25) is 9.79 Å². The fourth-order valence-electron chi connectivity index (χ4n) is 4.41. The third-order valence-electron chi connectivity index (χ3n) is 5.97. The molecule has 3 rings (SSSR count). The van der Waals surface area contributed by atoms with E-state index < -0.39 is 0 Å². The average molecular weight is 513 g/mol. The minimum atomic E-state index is -0.0169. The number of fused-ring (bicyclic) bond motifs is 1. The zero-order valence-electron chi connectivity index (χ0n) is 18.0. The first-order valence-electron chi connectivity index (χ1n) is 10.5. The predicted molar refractivity (Wildman–Crippen MR) is 130 cm³/mol. The number of likely N-dealkylation sites (tertiary alicyclic amines) is 1. The van der Waals surface area contributed by atoms with E-state index in [1.165, 1.54) is 25.7 Å². The molecule has 0 radical (unpaired) electrons. The molecule has 0 aromatic heterocycles. The molecule has 162 valence electrons. The zero-order chi connectivity index (χ0) is 19.9. The Morgan fingerprint density at radius 1 is 1.17 bits per heavy atom. The van der Waals surface area contributed by atoms with Crippen LogP contribution in [0.5, 0.6) is 0 Å². The molecule has 0 spiro atoms. The van der Waals surface area contributed by atoms with Crippen LogP contribution in [0.25, 0.3) is 0 Å². The van der Waals surface area contributed by atoms with Crippen LogP contribution in [0.15, 0.2) is 29.3 Å². The second-order valence-electron chi connectivity index (χ2n) is 8.37.